The monoisotopic (exact) mass is 379 g/mol. The molecule has 1 N–H and O–H groups in total. The van der Waals surface area contributed by atoms with Crippen molar-refractivity contribution < 1.29 is 24.0 Å². The second kappa shape index (κ2) is 9.31. The average Bonchev–Trinajstić information content (AvgIpc) is 2.65. The minimum Gasteiger partial charge on any atom is -0.468 e. The van der Waals surface area contributed by atoms with Crippen molar-refractivity contribution in [3.05, 3.63) is 33.4 Å². The molecule has 1 fully saturated rings. The fourth-order valence-corrected chi connectivity index (χ4v) is 3.28. The molecule has 1 aromatic carbocycles. The third kappa shape index (κ3) is 5.40. The first-order chi connectivity index (χ1) is 12.8. The van der Waals surface area contributed by atoms with Crippen LogP contribution in [0.3, 0.4) is 0 Å². The van der Waals surface area contributed by atoms with Gasteiger partial charge < -0.3 is 14.8 Å². The molecule has 0 saturated carbocycles. The van der Waals surface area contributed by atoms with Gasteiger partial charge in [-0.25, -0.2) is 4.79 Å². The minimum atomic E-state index is -0.628. The molecule has 1 aliphatic rings. The van der Waals surface area contributed by atoms with Crippen LogP contribution in [0.1, 0.15) is 28.8 Å². The highest BCUT2D eigenvalue weighted by Gasteiger charge is 2.24. The Labute approximate surface area is 157 Å². The number of esters is 2. The molecule has 9 heteroatoms. The largest absolute Gasteiger partial charge is 0.468 e. The number of hydrogen-bond acceptors (Lipinski definition) is 8. The van der Waals surface area contributed by atoms with Crippen LogP contribution < -0.4 is 5.32 Å². The quantitative estimate of drug-likeness (QED) is 0.435. The van der Waals surface area contributed by atoms with Gasteiger partial charge in [0.15, 0.2) is 0 Å². The van der Waals surface area contributed by atoms with Gasteiger partial charge in [0, 0.05) is 30.4 Å². The van der Waals surface area contributed by atoms with Crippen LogP contribution in [0.4, 0.5) is 11.4 Å². The SMILES string of the molecule is COC(=O)CN1CCC[C@H](CNc2cc(C)c([N+](=O)[O-])cc2C(=O)OC)C1. The van der Waals surface area contributed by atoms with E-state index in [4.69, 9.17) is 9.47 Å². The molecule has 1 atom stereocenters. The summed E-state index contributed by atoms with van der Waals surface area (Å²) in [4.78, 5) is 36.2. The third-order valence-corrected chi connectivity index (χ3v) is 4.70. The first-order valence-electron chi connectivity index (χ1n) is 8.76. The zero-order valence-corrected chi connectivity index (χ0v) is 15.8. The highest BCUT2D eigenvalue weighted by atomic mass is 16.6. The predicted octanol–water partition coefficient (Wildman–Crippen LogP) is 1.99. The number of nitrogens with zero attached hydrogens (tertiary/aromatic N) is 2. The molecular formula is C18H25N3O6. The summed E-state index contributed by atoms with van der Waals surface area (Å²) in [6.45, 7) is 4.05. The summed E-state index contributed by atoms with van der Waals surface area (Å²) in [5, 5.41) is 14.4. The van der Waals surface area contributed by atoms with Gasteiger partial charge in [-0.05, 0) is 38.3 Å². The number of nitrogens with one attached hydrogen (secondary N) is 1. The van der Waals surface area contributed by atoms with Crippen molar-refractivity contribution in [3.8, 4) is 0 Å². The number of ether oxygens (including phenoxy) is 2. The summed E-state index contributed by atoms with van der Waals surface area (Å²) in [6, 6.07) is 2.84. The molecule has 1 aromatic rings. The third-order valence-electron chi connectivity index (χ3n) is 4.70. The van der Waals surface area contributed by atoms with E-state index in [1.807, 2.05) is 4.90 Å². The lowest BCUT2D eigenvalue weighted by atomic mass is 9.97. The van der Waals surface area contributed by atoms with E-state index < -0.39 is 10.9 Å². The van der Waals surface area contributed by atoms with Gasteiger partial charge in [-0.3, -0.25) is 19.8 Å². The molecule has 0 amide bonds. The lowest BCUT2D eigenvalue weighted by Crippen LogP contribution is -2.41. The summed E-state index contributed by atoms with van der Waals surface area (Å²) in [5.74, 6) is -0.608. The summed E-state index contributed by atoms with van der Waals surface area (Å²) < 4.78 is 9.47. The lowest BCUT2D eigenvalue weighted by Gasteiger charge is -2.32. The number of aryl methyl sites for hydroxylation is 1. The Kier molecular flexibility index (Phi) is 7.12. The van der Waals surface area contributed by atoms with Crippen LogP contribution in [0, 0.1) is 23.0 Å². The van der Waals surface area contributed by atoms with E-state index in [0.29, 0.717) is 17.8 Å². The zero-order valence-electron chi connectivity index (χ0n) is 15.8. The Morgan fingerprint density at radius 2 is 2.07 bits per heavy atom. The lowest BCUT2D eigenvalue weighted by molar-refractivity contribution is -0.385. The van der Waals surface area contributed by atoms with Crippen LogP contribution >= 0.6 is 0 Å². The molecule has 0 unspecified atom stereocenters. The minimum absolute atomic E-state index is 0.122. The van der Waals surface area contributed by atoms with Crippen molar-refractivity contribution in [1.29, 1.82) is 0 Å². The van der Waals surface area contributed by atoms with E-state index in [1.54, 1.807) is 13.0 Å². The van der Waals surface area contributed by atoms with Crippen LogP contribution in [0.5, 0.6) is 0 Å². The van der Waals surface area contributed by atoms with Crippen LogP contribution in [0.2, 0.25) is 0 Å². The molecular weight excluding hydrogens is 354 g/mol. The number of nitro benzene ring substituents is 1. The predicted molar refractivity (Wildman–Crippen MR) is 98.8 cm³/mol. The molecule has 0 spiro atoms. The van der Waals surface area contributed by atoms with Crippen LogP contribution in [-0.4, -0.2) is 62.2 Å². The molecule has 2 rings (SSSR count). The molecule has 1 saturated heterocycles. The van der Waals surface area contributed by atoms with E-state index >= 15 is 0 Å². The Morgan fingerprint density at radius 1 is 1.33 bits per heavy atom. The van der Waals surface area contributed by atoms with Crippen molar-refractivity contribution in [2.75, 3.05) is 45.7 Å². The molecule has 148 valence electrons. The number of nitro groups is 1. The van der Waals surface area contributed by atoms with Crippen molar-refractivity contribution in [2.24, 2.45) is 5.92 Å². The topological polar surface area (TPSA) is 111 Å². The first kappa shape index (κ1) is 20.6. The van der Waals surface area contributed by atoms with Gasteiger partial charge in [-0.2, -0.15) is 0 Å². The van der Waals surface area contributed by atoms with E-state index in [0.717, 1.165) is 25.9 Å². The number of likely N-dealkylation sites (tertiary alicyclic amines) is 1. The van der Waals surface area contributed by atoms with Crippen LogP contribution in [0.25, 0.3) is 0 Å². The summed E-state index contributed by atoms with van der Waals surface area (Å²) in [6.07, 6.45) is 1.96. The number of piperidine rings is 1. The number of benzene rings is 1. The maximum Gasteiger partial charge on any atom is 0.340 e. The number of anilines is 1. The number of rotatable bonds is 7. The second-order valence-electron chi connectivity index (χ2n) is 6.63. The van der Waals surface area contributed by atoms with Gasteiger partial charge in [-0.15, -0.1) is 0 Å². The number of carbonyl (C=O) groups is 2. The summed E-state index contributed by atoms with van der Waals surface area (Å²) >= 11 is 0. The van der Waals surface area contributed by atoms with Crippen molar-refractivity contribution >= 4 is 23.3 Å². The van der Waals surface area contributed by atoms with E-state index in [1.165, 1.54) is 20.3 Å². The normalized spacial score (nSPS) is 17.2. The van der Waals surface area contributed by atoms with Gasteiger partial charge in [0.05, 0.1) is 31.3 Å². The zero-order chi connectivity index (χ0) is 20.0. The van der Waals surface area contributed by atoms with Gasteiger partial charge in [0.2, 0.25) is 0 Å². The fraction of sp³-hybridized carbons (Fsp3) is 0.556. The number of hydrogen-bond donors (Lipinski definition) is 1. The molecule has 0 radical (unpaired) electrons. The summed E-state index contributed by atoms with van der Waals surface area (Å²) in [7, 11) is 2.61. The smallest absolute Gasteiger partial charge is 0.340 e. The Hall–Kier alpha value is -2.68. The highest BCUT2D eigenvalue weighted by molar-refractivity contribution is 5.96. The Balaban J connectivity index is 2.10. The fourth-order valence-electron chi connectivity index (χ4n) is 3.28. The molecule has 1 aliphatic heterocycles. The maximum atomic E-state index is 12.0. The molecule has 0 aromatic heterocycles. The van der Waals surface area contributed by atoms with Gasteiger partial charge in [-0.1, -0.05) is 0 Å². The standard InChI is InChI=1S/C18H25N3O6/c1-12-7-15(14(18(23)27-3)8-16(12)21(24)25)19-9-13-5-4-6-20(10-13)11-17(22)26-2/h7-8,13,19H,4-6,9-11H2,1-3H3/t13-/m1/s1. The van der Waals surface area contributed by atoms with Gasteiger partial charge in [0.25, 0.3) is 5.69 Å². The van der Waals surface area contributed by atoms with E-state index in [9.17, 15) is 19.7 Å². The highest BCUT2D eigenvalue weighted by Crippen LogP contribution is 2.28. The van der Waals surface area contributed by atoms with Gasteiger partial charge in [0.1, 0.15) is 0 Å². The maximum absolute atomic E-state index is 12.0. The van der Waals surface area contributed by atoms with Crippen LogP contribution in [0.15, 0.2) is 12.1 Å². The summed E-state index contributed by atoms with van der Waals surface area (Å²) in [5.41, 5.74) is 0.987. The molecule has 9 nitrogen and oxygen atoms in total. The van der Waals surface area contributed by atoms with Gasteiger partial charge >= 0.3 is 11.9 Å². The van der Waals surface area contributed by atoms with Crippen LogP contribution in [-0.2, 0) is 14.3 Å². The second-order valence-corrected chi connectivity index (χ2v) is 6.63. The molecule has 1 heterocycles. The van der Waals surface area contributed by atoms with Crippen molar-refractivity contribution in [1.82, 2.24) is 4.90 Å². The average molecular weight is 379 g/mol. The van der Waals surface area contributed by atoms with E-state index in [-0.39, 0.29) is 29.7 Å². The molecule has 0 aliphatic carbocycles. The Bertz CT molecular complexity index is 721. The Morgan fingerprint density at radius 3 is 2.70 bits per heavy atom. The van der Waals surface area contributed by atoms with Crippen molar-refractivity contribution in [3.63, 3.8) is 0 Å². The molecule has 27 heavy (non-hydrogen) atoms. The number of methoxy groups -OCH3 is 2. The van der Waals surface area contributed by atoms with E-state index in [2.05, 4.69) is 5.32 Å². The first-order valence-corrected chi connectivity index (χ1v) is 8.76. The number of carbonyl (C=O) groups excluding carboxylic acids is 2. The van der Waals surface area contributed by atoms with Crippen molar-refractivity contribution in [2.45, 2.75) is 19.8 Å². The molecule has 0 bridgehead atoms.